The Morgan fingerprint density at radius 3 is 3.00 bits per heavy atom. The summed E-state index contributed by atoms with van der Waals surface area (Å²) in [5.41, 5.74) is 6.38. The topological polar surface area (TPSA) is 47.1 Å². The van der Waals surface area contributed by atoms with Gasteiger partial charge in [0.05, 0.1) is 5.52 Å². The van der Waals surface area contributed by atoms with Crippen LogP contribution in [0.3, 0.4) is 0 Å². The lowest BCUT2D eigenvalue weighted by Gasteiger charge is -2.23. The lowest BCUT2D eigenvalue weighted by Crippen LogP contribution is -2.26. The first-order valence-corrected chi connectivity index (χ1v) is 7.89. The van der Waals surface area contributed by atoms with Gasteiger partial charge < -0.3 is 14.0 Å². The zero-order valence-corrected chi connectivity index (χ0v) is 13.7. The van der Waals surface area contributed by atoms with Gasteiger partial charge in [-0.3, -0.25) is 0 Å². The summed E-state index contributed by atoms with van der Waals surface area (Å²) < 4.78 is 7.18. The van der Waals surface area contributed by atoms with Gasteiger partial charge in [0.1, 0.15) is 0 Å². The molecule has 0 bridgehead atoms. The molecule has 3 aromatic rings. The zero-order valence-electron chi connectivity index (χ0n) is 13.7. The van der Waals surface area contributed by atoms with Crippen molar-refractivity contribution in [2.45, 2.75) is 26.8 Å². The number of aromatic nitrogens is 3. The molecule has 0 saturated carbocycles. The Morgan fingerprint density at radius 1 is 1.35 bits per heavy atom. The smallest absolute Gasteiger partial charge is 0.214 e. The summed E-state index contributed by atoms with van der Waals surface area (Å²) in [6.45, 7) is 6.25. The van der Waals surface area contributed by atoms with Gasteiger partial charge in [-0.05, 0) is 38.6 Å². The van der Waals surface area contributed by atoms with Crippen molar-refractivity contribution in [3.05, 3.63) is 47.2 Å². The van der Waals surface area contributed by atoms with Crippen molar-refractivity contribution in [3.8, 4) is 0 Å². The van der Waals surface area contributed by atoms with Gasteiger partial charge in [0.15, 0.2) is 5.82 Å². The van der Waals surface area contributed by atoms with Crippen LogP contribution in [-0.4, -0.2) is 33.2 Å². The molecule has 0 fully saturated rings. The molecule has 23 heavy (non-hydrogen) atoms. The Balaban J connectivity index is 1.94. The van der Waals surface area contributed by atoms with Crippen molar-refractivity contribution in [1.29, 1.82) is 0 Å². The summed E-state index contributed by atoms with van der Waals surface area (Å²) in [4.78, 5) is 6.53. The molecule has 0 aliphatic carbocycles. The molecule has 0 amide bonds. The average Bonchev–Trinajstić information content (AvgIpc) is 3.15. The molecule has 0 radical (unpaired) electrons. The van der Waals surface area contributed by atoms with Crippen LogP contribution in [0.25, 0.3) is 22.7 Å². The number of hydrogen-bond acceptors (Lipinski definition) is 4. The Morgan fingerprint density at radius 2 is 2.22 bits per heavy atom. The van der Waals surface area contributed by atoms with Crippen molar-refractivity contribution in [1.82, 2.24) is 19.6 Å². The Labute approximate surface area is 135 Å². The monoisotopic (exact) mass is 308 g/mol. The van der Waals surface area contributed by atoms with Gasteiger partial charge in [0.2, 0.25) is 6.39 Å². The van der Waals surface area contributed by atoms with Crippen LogP contribution < -0.4 is 0 Å². The maximum Gasteiger partial charge on any atom is 0.214 e. The van der Waals surface area contributed by atoms with E-state index in [-0.39, 0.29) is 0 Å². The summed E-state index contributed by atoms with van der Waals surface area (Å²) in [5, 5.41) is 5.29. The van der Waals surface area contributed by atoms with Crippen LogP contribution in [0.1, 0.15) is 29.6 Å². The molecular formula is C18H20N4O. The molecule has 3 heterocycles. The van der Waals surface area contributed by atoms with Crippen LogP contribution in [0.5, 0.6) is 0 Å². The number of fused-ring (bicyclic) bond motifs is 3. The van der Waals surface area contributed by atoms with Crippen LogP contribution in [0.4, 0.5) is 0 Å². The van der Waals surface area contributed by atoms with E-state index in [1.54, 1.807) is 0 Å². The Kier molecular flexibility index (Phi) is 3.31. The third-order valence-electron chi connectivity index (χ3n) is 4.57. The van der Waals surface area contributed by atoms with Crippen LogP contribution in [0, 0.1) is 6.92 Å². The van der Waals surface area contributed by atoms with Crippen LogP contribution in [-0.2, 0) is 13.0 Å². The summed E-state index contributed by atoms with van der Waals surface area (Å²) in [5.74, 6) is 0.639. The Hall–Kier alpha value is -2.40. The van der Waals surface area contributed by atoms with Gasteiger partial charge in [0.25, 0.3) is 0 Å². The summed E-state index contributed by atoms with van der Waals surface area (Å²) in [6, 6.07) is 6.68. The minimum absolute atomic E-state index is 0.639. The second-order valence-corrected chi connectivity index (χ2v) is 6.37. The highest BCUT2D eigenvalue weighted by Gasteiger charge is 2.22. The molecule has 1 aliphatic heterocycles. The zero-order chi connectivity index (χ0) is 16.0. The minimum atomic E-state index is 0.639. The first-order valence-electron chi connectivity index (χ1n) is 7.89. The highest BCUT2D eigenvalue weighted by Crippen LogP contribution is 2.32. The van der Waals surface area contributed by atoms with E-state index >= 15 is 0 Å². The molecule has 0 saturated heterocycles. The number of nitrogens with zero attached hydrogens (tertiary/aromatic N) is 4. The molecule has 0 spiro atoms. The van der Waals surface area contributed by atoms with Crippen molar-refractivity contribution in [3.63, 3.8) is 0 Å². The summed E-state index contributed by atoms with van der Waals surface area (Å²) >= 11 is 0. The molecule has 5 heteroatoms. The maximum absolute atomic E-state index is 4.87. The molecular weight excluding hydrogens is 288 g/mol. The molecule has 5 nitrogen and oxygen atoms in total. The van der Waals surface area contributed by atoms with Gasteiger partial charge in [-0.2, -0.15) is 4.98 Å². The number of rotatable bonds is 2. The lowest BCUT2D eigenvalue weighted by molar-refractivity contribution is 0.312. The highest BCUT2D eigenvalue weighted by atomic mass is 16.5. The molecule has 118 valence electrons. The van der Waals surface area contributed by atoms with E-state index in [9.17, 15) is 0 Å². The molecule has 4 rings (SSSR count). The third-order valence-corrected chi connectivity index (χ3v) is 4.57. The standard InChI is InChI=1S/C18H20N4O/c1-12-4-5-16-14(8-12)15-10-21(3)7-6-17(15)22(16)9-13(2)18-19-11-23-20-18/h4-5,8-9,11H,6-7,10H2,1-3H3/b13-9+. The second kappa shape index (κ2) is 5.35. The predicted molar refractivity (Wildman–Crippen MR) is 90.9 cm³/mol. The molecule has 0 unspecified atom stereocenters. The fourth-order valence-corrected chi connectivity index (χ4v) is 3.38. The summed E-state index contributed by atoms with van der Waals surface area (Å²) in [6.07, 6.45) is 4.55. The van der Waals surface area contributed by atoms with E-state index < -0.39 is 0 Å². The van der Waals surface area contributed by atoms with Crippen molar-refractivity contribution in [2.75, 3.05) is 13.6 Å². The molecule has 0 atom stereocenters. The summed E-state index contributed by atoms with van der Waals surface area (Å²) in [7, 11) is 2.18. The minimum Gasteiger partial charge on any atom is -0.342 e. The highest BCUT2D eigenvalue weighted by molar-refractivity contribution is 5.90. The number of allylic oxidation sites excluding steroid dienone is 1. The number of hydrogen-bond donors (Lipinski definition) is 0. The van der Waals surface area contributed by atoms with E-state index in [1.807, 2.05) is 6.92 Å². The number of likely N-dealkylation sites (N-methyl/N-ethyl adjacent to an activating group) is 1. The van der Waals surface area contributed by atoms with Crippen molar-refractivity contribution in [2.24, 2.45) is 0 Å². The van der Waals surface area contributed by atoms with Crippen LogP contribution in [0.15, 0.2) is 29.1 Å². The van der Waals surface area contributed by atoms with Crippen LogP contribution in [0.2, 0.25) is 0 Å². The van der Waals surface area contributed by atoms with Crippen molar-refractivity contribution < 1.29 is 4.52 Å². The van der Waals surface area contributed by atoms with E-state index in [4.69, 9.17) is 4.52 Å². The van der Waals surface area contributed by atoms with Gasteiger partial charge in [0, 0.05) is 42.4 Å². The second-order valence-electron chi connectivity index (χ2n) is 6.37. The van der Waals surface area contributed by atoms with E-state index in [0.29, 0.717) is 5.82 Å². The van der Waals surface area contributed by atoms with Gasteiger partial charge in [-0.1, -0.05) is 16.8 Å². The van der Waals surface area contributed by atoms with E-state index in [2.05, 4.69) is 58.0 Å². The molecule has 1 aliphatic rings. The number of aryl methyl sites for hydroxylation is 1. The quantitative estimate of drug-likeness (QED) is 0.728. The van der Waals surface area contributed by atoms with Crippen LogP contribution >= 0.6 is 0 Å². The maximum atomic E-state index is 4.87. The largest absolute Gasteiger partial charge is 0.342 e. The molecule has 2 aromatic heterocycles. The molecule has 0 N–H and O–H groups in total. The number of benzene rings is 1. The fourth-order valence-electron chi connectivity index (χ4n) is 3.38. The SMILES string of the molecule is C/C(=C\n1c2c(c3cc(C)ccc31)CN(C)CC2)c1ncon1. The predicted octanol–water partition coefficient (Wildman–Crippen LogP) is 3.34. The van der Waals surface area contributed by atoms with E-state index in [1.165, 1.54) is 34.1 Å². The van der Waals surface area contributed by atoms with Gasteiger partial charge >= 0.3 is 0 Å². The third kappa shape index (κ3) is 2.37. The van der Waals surface area contributed by atoms with Crippen molar-refractivity contribution >= 4 is 22.7 Å². The van der Waals surface area contributed by atoms with E-state index in [0.717, 1.165) is 25.1 Å². The molecule has 1 aromatic carbocycles. The van der Waals surface area contributed by atoms with Gasteiger partial charge in [-0.25, -0.2) is 0 Å². The van der Waals surface area contributed by atoms with Gasteiger partial charge in [-0.15, -0.1) is 0 Å². The first kappa shape index (κ1) is 14.2. The first-order chi connectivity index (χ1) is 11.1. The Bertz CT molecular complexity index is 890. The normalized spacial score (nSPS) is 16.0. The fraction of sp³-hybridized carbons (Fsp3) is 0.333. The average molecular weight is 308 g/mol. The lowest BCUT2D eigenvalue weighted by atomic mass is 10.0.